The van der Waals surface area contributed by atoms with Crippen LogP contribution in [0.2, 0.25) is 5.02 Å². The Labute approximate surface area is 196 Å². The lowest BCUT2D eigenvalue weighted by molar-refractivity contribution is 0.102. The zero-order valence-corrected chi connectivity index (χ0v) is 21.3. The second kappa shape index (κ2) is 8.80. The van der Waals surface area contributed by atoms with E-state index in [0.717, 1.165) is 25.0 Å². The highest BCUT2D eigenvalue weighted by atomic mass is 35.5. The van der Waals surface area contributed by atoms with Gasteiger partial charge in [-0.05, 0) is 51.8 Å². The number of anilines is 1. The van der Waals surface area contributed by atoms with Gasteiger partial charge in [0.1, 0.15) is 10.7 Å². The molecule has 0 spiro atoms. The van der Waals surface area contributed by atoms with Crippen molar-refractivity contribution < 1.29 is 13.2 Å². The number of hydrogen-bond acceptors (Lipinski definition) is 4. The Morgan fingerprint density at radius 3 is 2.22 bits per heavy atom. The Morgan fingerprint density at radius 2 is 1.66 bits per heavy atom. The fraction of sp³-hybridized carbons (Fsp3) is 0.565. The first kappa shape index (κ1) is 24.7. The minimum Gasteiger partial charge on any atom is -0.307 e. The fourth-order valence-electron chi connectivity index (χ4n) is 3.62. The molecule has 0 saturated carbocycles. The minimum absolute atomic E-state index is 0.0339. The lowest BCUT2D eigenvalue weighted by Gasteiger charge is -2.26. The van der Waals surface area contributed by atoms with Gasteiger partial charge in [-0.15, -0.1) is 0 Å². The normalized spacial score (nSPS) is 16.2. The summed E-state index contributed by atoms with van der Waals surface area (Å²) in [5.74, 6) is 0.144. The van der Waals surface area contributed by atoms with Crippen LogP contribution < -0.4 is 5.32 Å². The summed E-state index contributed by atoms with van der Waals surface area (Å²) in [6.07, 6.45) is 2.66. The monoisotopic (exact) mass is 480 g/mol. The third kappa shape index (κ3) is 5.18. The molecule has 7 nitrogen and oxygen atoms in total. The highest BCUT2D eigenvalue weighted by molar-refractivity contribution is 7.89. The summed E-state index contributed by atoms with van der Waals surface area (Å²) in [6, 6.07) is 6.23. The third-order valence-corrected chi connectivity index (χ3v) is 7.86. The number of halogens is 1. The maximum atomic E-state index is 13.1. The van der Waals surface area contributed by atoms with Gasteiger partial charge < -0.3 is 5.32 Å². The number of amides is 1. The van der Waals surface area contributed by atoms with Crippen molar-refractivity contribution in [2.45, 2.75) is 76.7 Å². The summed E-state index contributed by atoms with van der Waals surface area (Å²) in [6.45, 7) is 13.1. The number of hydrogen-bond donors (Lipinski definition) is 1. The summed E-state index contributed by atoms with van der Waals surface area (Å²) < 4.78 is 29.5. The predicted molar refractivity (Wildman–Crippen MR) is 128 cm³/mol. The highest BCUT2D eigenvalue weighted by Gasteiger charge is 2.30. The van der Waals surface area contributed by atoms with E-state index in [1.807, 2.05) is 26.8 Å². The molecule has 1 N–H and O–H groups in total. The maximum Gasteiger partial charge on any atom is 0.256 e. The molecule has 9 heteroatoms. The van der Waals surface area contributed by atoms with Gasteiger partial charge in [-0.25, -0.2) is 13.1 Å². The van der Waals surface area contributed by atoms with Gasteiger partial charge in [0.05, 0.1) is 16.3 Å². The molecule has 1 amide bonds. The zero-order chi connectivity index (χ0) is 23.9. The van der Waals surface area contributed by atoms with E-state index in [1.54, 1.807) is 4.68 Å². The van der Waals surface area contributed by atoms with Crippen LogP contribution in [0.3, 0.4) is 0 Å². The average Bonchev–Trinajstić information content (AvgIpc) is 3.13. The van der Waals surface area contributed by atoms with E-state index in [0.29, 0.717) is 18.9 Å². The Hall–Kier alpha value is -1.90. The predicted octanol–water partition coefficient (Wildman–Crippen LogP) is 5.02. The standard InChI is InChI=1S/C23H33ClN4O3S/c1-22(2,3)19-15-20(28(26-19)23(4,5)6)25-21(29)16-10-11-17(24)18(14-16)32(30,31)27-12-8-7-9-13-27/h10-11,14-15H,7-9,12-13H2,1-6H3,(H,25,29). The molecule has 1 aliphatic heterocycles. The number of benzene rings is 1. The second-order valence-electron chi connectivity index (χ2n) is 10.3. The van der Waals surface area contributed by atoms with Crippen LogP contribution in [0.4, 0.5) is 5.82 Å². The fourth-order valence-corrected chi connectivity index (χ4v) is 5.64. The van der Waals surface area contributed by atoms with Crippen LogP contribution in [-0.2, 0) is 21.0 Å². The molecule has 2 aromatic rings. The zero-order valence-electron chi connectivity index (χ0n) is 19.7. The molecule has 0 atom stereocenters. The topological polar surface area (TPSA) is 84.3 Å². The Balaban J connectivity index is 1.95. The first-order chi connectivity index (χ1) is 14.7. The summed E-state index contributed by atoms with van der Waals surface area (Å²) in [7, 11) is -3.76. The van der Waals surface area contributed by atoms with E-state index in [4.69, 9.17) is 16.7 Å². The molecule has 176 valence electrons. The Bertz CT molecular complexity index is 1110. The van der Waals surface area contributed by atoms with Gasteiger partial charge in [-0.2, -0.15) is 9.40 Å². The van der Waals surface area contributed by atoms with Crippen molar-refractivity contribution in [3.05, 3.63) is 40.5 Å². The molecule has 32 heavy (non-hydrogen) atoms. The number of sulfonamides is 1. The summed E-state index contributed by atoms with van der Waals surface area (Å²) in [5, 5.41) is 7.74. The van der Waals surface area contributed by atoms with Crippen molar-refractivity contribution in [3.63, 3.8) is 0 Å². The quantitative estimate of drug-likeness (QED) is 0.666. The molecular weight excluding hydrogens is 448 g/mol. The first-order valence-corrected chi connectivity index (χ1v) is 12.7. The molecule has 1 fully saturated rings. The van der Waals surface area contributed by atoms with Crippen molar-refractivity contribution in [2.24, 2.45) is 0 Å². The van der Waals surface area contributed by atoms with Crippen LogP contribution >= 0.6 is 11.6 Å². The Morgan fingerprint density at radius 1 is 1.03 bits per heavy atom. The lowest BCUT2D eigenvalue weighted by Crippen LogP contribution is -2.35. The maximum absolute atomic E-state index is 13.1. The summed E-state index contributed by atoms with van der Waals surface area (Å²) >= 11 is 6.25. The van der Waals surface area contributed by atoms with Crippen molar-refractivity contribution in [2.75, 3.05) is 18.4 Å². The highest BCUT2D eigenvalue weighted by Crippen LogP contribution is 2.30. The molecule has 0 radical (unpaired) electrons. The number of carbonyl (C=O) groups is 1. The van der Waals surface area contributed by atoms with Crippen LogP contribution in [0.25, 0.3) is 0 Å². The lowest BCUT2D eigenvalue weighted by atomic mass is 9.92. The summed E-state index contributed by atoms with van der Waals surface area (Å²) in [5.41, 5.74) is 0.539. The first-order valence-electron chi connectivity index (χ1n) is 10.9. The molecule has 1 saturated heterocycles. The van der Waals surface area contributed by atoms with Crippen molar-refractivity contribution in [1.82, 2.24) is 14.1 Å². The van der Waals surface area contributed by atoms with E-state index in [9.17, 15) is 13.2 Å². The van der Waals surface area contributed by atoms with Gasteiger partial charge >= 0.3 is 0 Å². The van der Waals surface area contributed by atoms with Crippen molar-refractivity contribution in [3.8, 4) is 0 Å². The van der Waals surface area contributed by atoms with Crippen LogP contribution in [-0.4, -0.2) is 41.5 Å². The van der Waals surface area contributed by atoms with Crippen LogP contribution in [0.15, 0.2) is 29.2 Å². The van der Waals surface area contributed by atoms with E-state index >= 15 is 0 Å². The van der Waals surface area contributed by atoms with Crippen LogP contribution in [0.1, 0.15) is 76.9 Å². The molecule has 0 aliphatic carbocycles. The molecule has 0 bridgehead atoms. The van der Waals surface area contributed by atoms with E-state index in [2.05, 4.69) is 26.1 Å². The number of nitrogens with one attached hydrogen (secondary N) is 1. The van der Waals surface area contributed by atoms with Crippen LogP contribution in [0, 0.1) is 0 Å². The molecule has 1 aliphatic rings. The molecule has 3 rings (SSSR count). The molecule has 2 heterocycles. The molecular formula is C23H33ClN4O3S. The summed E-state index contributed by atoms with van der Waals surface area (Å²) in [4.78, 5) is 13.1. The number of piperidine rings is 1. The third-order valence-electron chi connectivity index (χ3n) is 5.48. The molecule has 1 aromatic carbocycles. The number of aromatic nitrogens is 2. The second-order valence-corrected chi connectivity index (χ2v) is 12.6. The van der Waals surface area contributed by atoms with Gasteiger partial charge in [0.15, 0.2) is 0 Å². The smallest absolute Gasteiger partial charge is 0.256 e. The molecule has 1 aromatic heterocycles. The van der Waals surface area contributed by atoms with Crippen molar-refractivity contribution >= 4 is 33.3 Å². The number of nitrogens with zero attached hydrogens (tertiary/aromatic N) is 3. The van der Waals surface area contributed by atoms with Gasteiger partial charge in [0.25, 0.3) is 5.91 Å². The van der Waals surface area contributed by atoms with Crippen molar-refractivity contribution in [1.29, 1.82) is 0 Å². The largest absolute Gasteiger partial charge is 0.307 e. The van der Waals surface area contributed by atoms with Gasteiger partial charge in [-0.1, -0.05) is 38.8 Å². The SMILES string of the molecule is CC(C)(C)c1cc(NC(=O)c2ccc(Cl)c(S(=O)(=O)N3CCCCC3)c2)n(C(C)(C)C)n1. The van der Waals surface area contributed by atoms with Gasteiger partial charge in [0.2, 0.25) is 10.0 Å². The Kier molecular flexibility index (Phi) is 6.80. The van der Waals surface area contributed by atoms with E-state index in [-0.39, 0.29) is 26.4 Å². The number of rotatable bonds is 4. The van der Waals surface area contributed by atoms with E-state index < -0.39 is 15.9 Å². The van der Waals surface area contributed by atoms with Gasteiger partial charge in [-0.3, -0.25) is 4.79 Å². The molecule has 0 unspecified atom stereocenters. The van der Waals surface area contributed by atoms with E-state index in [1.165, 1.54) is 22.5 Å². The van der Waals surface area contributed by atoms with Crippen LogP contribution in [0.5, 0.6) is 0 Å². The van der Waals surface area contributed by atoms with Gasteiger partial charge in [0, 0.05) is 30.1 Å². The number of carbonyl (C=O) groups excluding carboxylic acids is 1. The average molecular weight is 481 g/mol. The minimum atomic E-state index is -3.76.